The first-order valence-corrected chi connectivity index (χ1v) is 5.85. The molecule has 1 aliphatic rings. The number of rotatable bonds is 6. The fourth-order valence-corrected chi connectivity index (χ4v) is 1.90. The second-order valence-corrected chi connectivity index (χ2v) is 4.12. The van der Waals surface area contributed by atoms with Crippen LogP contribution in [-0.2, 0) is 0 Å². The monoisotopic (exact) mass is 184 g/mol. The topological polar surface area (TPSA) is 24.1 Å². The number of hydrogen-bond donors (Lipinski definition) is 2. The molecule has 0 aromatic rings. The van der Waals surface area contributed by atoms with Crippen molar-refractivity contribution in [2.45, 2.75) is 39.0 Å². The Morgan fingerprint density at radius 1 is 1.38 bits per heavy atom. The smallest absolute Gasteiger partial charge is 0.000837 e. The van der Waals surface area contributed by atoms with Crippen molar-refractivity contribution >= 4 is 0 Å². The summed E-state index contributed by atoms with van der Waals surface area (Å²) < 4.78 is 0. The van der Waals surface area contributed by atoms with Gasteiger partial charge in [-0.2, -0.15) is 0 Å². The first-order valence-electron chi connectivity index (χ1n) is 5.85. The van der Waals surface area contributed by atoms with Crippen LogP contribution < -0.4 is 10.6 Å². The molecule has 1 saturated heterocycles. The summed E-state index contributed by atoms with van der Waals surface area (Å²) in [6, 6.07) is 0. The van der Waals surface area contributed by atoms with E-state index < -0.39 is 0 Å². The molecule has 0 aromatic carbocycles. The molecule has 0 aromatic heterocycles. The molecule has 1 aliphatic heterocycles. The van der Waals surface area contributed by atoms with Crippen LogP contribution >= 0.6 is 0 Å². The second-order valence-electron chi connectivity index (χ2n) is 4.12. The van der Waals surface area contributed by atoms with Gasteiger partial charge in [0.1, 0.15) is 0 Å². The molecule has 78 valence electrons. The zero-order valence-electron chi connectivity index (χ0n) is 8.94. The molecule has 0 amide bonds. The molecule has 0 saturated carbocycles. The van der Waals surface area contributed by atoms with Crippen LogP contribution in [0.25, 0.3) is 0 Å². The van der Waals surface area contributed by atoms with Gasteiger partial charge < -0.3 is 10.6 Å². The van der Waals surface area contributed by atoms with Gasteiger partial charge in [-0.3, -0.25) is 0 Å². The lowest BCUT2D eigenvalue weighted by atomic mass is 10.00. The highest BCUT2D eigenvalue weighted by atomic mass is 14.9. The molecule has 0 aliphatic carbocycles. The number of piperidine rings is 1. The average Bonchev–Trinajstić information content (AvgIpc) is 2.19. The standard InChI is InChI=1S/C11H24N2/c1-2-3-4-7-12-9-11-6-5-8-13-10-11/h11-13H,2-10H2,1H3. The Kier molecular flexibility index (Phi) is 6.21. The van der Waals surface area contributed by atoms with E-state index in [9.17, 15) is 0 Å². The predicted octanol–water partition coefficient (Wildman–Crippen LogP) is 1.77. The molecule has 2 heteroatoms. The summed E-state index contributed by atoms with van der Waals surface area (Å²) in [4.78, 5) is 0. The highest BCUT2D eigenvalue weighted by Gasteiger charge is 2.11. The largest absolute Gasteiger partial charge is 0.316 e. The van der Waals surface area contributed by atoms with E-state index in [0.29, 0.717) is 0 Å². The Morgan fingerprint density at radius 2 is 2.31 bits per heavy atom. The Morgan fingerprint density at radius 3 is 3.00 bits per heavy atom. The van der Waals surface area contributed by atoms with E-state index in [1.54, 1.807) is 0 Å². The molecule has 1 heterocycles. The van der Waals surface area contributed by atoms with Gasteiger partial charge in [0, 0.05) is 0 Å². The molecule has 13 heavy (non-hydrogen) atoms. The van der Waals surface area contributed by atoms with Gasteiger partial charge in [-0.1, -0.05) is 19.8 Å². The van der Waals surface area contributed by atoms with Gasteiger partial charge >= 0.3 is 0 Å². The van der Waals surface area contributed by atoms with E-state index in [1.165, 1.54) is 58.3 Å². The summed E-state index contributed by atoms with van der Waals surface area (Å²) in [6.45, 7) is 7.14. The maximum absolute atomic E-state index is 3.55. The highest BCUT2D eigenvalue weighted by molar-refractivity contribution is 4.70. The van der Waals surface area contributed by atoms with Gasteiger partial charge in [-0.05, 0) is 51.4 Å². The van der Waals surface area contributed by atoms with Crippen molar-refractivity contribution in [1.82, 2.24) is 10.6 Å². The van der Waals surface area contributed by atoms with Gasteiger partial charge in [-0.15, -0.1) is 0 Å². The second kappa shape index (κ2) is 7.34. The van der Waals surface area contributed by atoms with Crippen LogP contribution in [0, 0.1) is 5.92 Å². The molecule has 1 fully saturated rings. The van der Waals surface area contributed by atoms with Crippen LogP contribution in [0.5, 0.6) is 0 Å². The summed E-state index contributed by atoms with van der Waals surface area (Å²) in [5.41, 5.74) is 0. The maximum atomic E-state index is 3.55. The van der Waals surface area contributed by atoms with Crippen LogP contribution in [0.2, 0.25) is 0 Å². The van der Waals surface area contributed by atoms with Crippen molar-refractivity contribution in [3.63, 3.8) is 0 Å². The first-order chi connectivity index (χ1) is 6.43. The first kappa shape index (κ1) is 11.0. The summed E-state index contributed by atoms with van der Waals surface area (Å²) in [5.74, 6) is 0.885. The van der Waals surface area contributed by atoms with E-state index in [0.717, 1.165) is 5.92 Å². The fourth-order valence-electron chi connectivity index (χ4n) is 1.90. The van der Waals surface area contributed by atoms with Gasteiger partial charge in [0.25, 0.3) is 0 Å². The van der Waals surface area contributed by atoms with E-state index in [2.05, 4.69) is 17.6 Å². The summed E-state index contributed by atoms with van der Waals surface area (Å²) in [7, 11) is 0. The van der Waals surface area contributed by atoms with Crippen molar-refractivity contribution in [3.05, 3.63) is 0 Å². The summed E-state index contributed by atoms with van der Waals surface area (Å²) >= 11 is 0. The molecule has 1 atom stereocenters. The Bertz CT molecular complexity index is 109. The average molecular weight is 184 g/mol. The van der Waals surface area contributed by atoms with E-state index >= 15 is 0 Å². The third-order valence-corrected chi connectivity index (χ3v) is 2.79. The third-order valence-electron chi connectivity index (χ3n) is 2.79. The minimum atomic E-state index is 0.885. The normalized spacial score (nSPS) is 23.3. The van der Waals surface area contributed by atoms with E-state index in [4.69, 9.17) is 0 Å². The molecule has 1 rings (SSSR count). The van der Waals surface area contributed by atoms with Crippen LogP contribution in [0.1, 0.15) is 39.0 Å². The summed E-state index contributed by atoms with van der Waals surface area (Å²) in [6.07, 6.45) is 6.81. The van der Waals surface area contributed by atoms with Crippen LogP contribution in [-0.4, -0.2) is 26.2 Å². The Balaban J connectivity index is 1.86. The third kappa shape index (κ3) is 5.27. The van der Waals surface area contributed by atoms with E-state index in [1.807, 2.05) is 0 Å². The molecule has 0 radical (unpaired) electrons. The minimum absolute atomic E-state index is 0.885. The molecule has 1 unspecified atom stereocenters. The number of hydrogen-bond acceptors (Lipinski definition) is 2. The van der Waals surface area contributed by atoms with Crippen LogP contribution in [0.3, 0.4) is 0 Å². The molecule has 0 bridgehead atoms. The minimum Gasteiger partial charge on any atom is -0.316 e. The SMILES string of the molecule is CCCCCNCC1CCCNC1. The van der Waals surface area contributed by atoms with Crippen molar-refractivity contribution < 1.29 is 0 Å². The quantitative estimate of drug-likeness (QED) is 0.615. The molecule has 2 N–H and O–H groups in total. The maximum Gasteiger partial charge on any atom is -0.000837 e. The molecular weight excluding hydrogens is 160 g/mol. The highest BCUT2D eigenvalue weighted by Crippen LogP contribution is 2.08. The lowest BCUT2D eigenvalue weighted by Gasteiger charge is -2.22. The Hall–Kier alpha value is -0.0800. The van der Waals surface area contributed by atoms with Crippen molar-refractivity contribution in [1.29, 1.82) is 0 Å². The lowest BCUT2D eigenvalue weighted by molar-refractivity contribution is 0.359. The van der Waals surface area contributed by atoms with Crippen molar-refractivity contribution in [2.75, 3.05) is 26.2 Å². The van der Waals surface area contributed by atoms with Gasteiger partial charge in [0.05, 0.1) is 0 Å². The van der Waals surface area contributed by atoms with Crippen molar-refractivity contribution in [2.24, 2.45) is 5.92 Å². The molecule has 0 spiro atoms. The predicted molar refractivity (Wildman–Crippen MR) is 58.0 cm³/mol. The number of nitrogens with one attached hydrogen (secondary N) is 2. The number of unbranched alkanes of at least 4 members (excludes halogenated alkanes) is 2. The fraction of sp³-hybridized carbons (Fsp3) is 1.00. The Labute approximate surface area is 82.5 Å². The lowest BCUT2D eigenvalue weighted by Crippen LogP contribution is -2.36. The van der Waals surface area contributed by atoms with Crippen LogP contribution in [0.15, 0.2) is 0 Å². The van der Waals surface area contributed by atoms with Gasteiger partial charge in [-0.25, -0.2) is 0 Å². The molecular formula is C11H24N2. The van der Waals surface area contributed by atoms with Crippen LogP contribution in [0.4, 0.5) is 0 Å². The zero-order valence-corrected chi connectivity index (χ0v) is 8.94. The molecule has 2 nitrogen and oxygen atoms in total. The van der Waals surface area contributed by atoms with Crippen molar-refractivity contribution in [3.8, 4) is 0 Å². The summed E-state index contributed by atoms with van der Waals surface area (Å²) in [5, 5.41) is 7.00. The zero-order chi connectivity index (χ0) is 9.36. The van der Waals surface area contributed by atoms with Gasteiger partial charge in [0.15, 0.2) is 0 Å². The van der Waals surface area contributed by atoms with E-state index in [-0.39, 0.29) is 0 Å². The van der Waals surface area contributed by atoms with Gasteiger partial charge in [0.2, 0.25) is 0 Å².